The second-order valence-electron chi connectivity index (χ2n) is 5.15. The molecule has 3 rings (SSSR count). The SMILES string of the molecule is CN1C(=O)CC(Nc2nc3c(cc2C#N)CCC3)C1=O. The molecule has 1 saturated heterocycles. The first-order valence-electron chi connectivity index (χ1n) is 6.60. The number of likely N-dealkylation sites (tertiary alicyclic amines) is 1. The quantitative estimate of drug-likeness (QED) is 0.796. The molecule has 2 heterocycles. The van der Waals surface area contributed by atoms with Gasteiger partial charge in [-0.3, -0.25) is 14.5 Å². The highest BCUT2D eigenvalue weighted by atomic mass is 16.2. The second kappa shape index (κ2) is 4.60. The molecule has 1 fully saturated rings. The maximum absolute atomic E-state index is 11.9. The van der Waals surface area contributed by atoms with E-state index in [9.17, 15) is 14.9 Å². The Morgan fingerprint density at radius 2 is 2.25 bits per heavy atom. The van der Waals surface area contributed by atoms with E-state index >= 15 is 0 Å². The fraction of sp³-hybridized carbons (Fsp3) is 0.429. The van der Waals surface area contributed by atoms with Crippen LogP contribution in [0.15, 0.2) is 6.07 Å². The van der Waals surface area contributed by atoms with E-state index in [1.165, 1.54) is 7.05 Å². The number of aromatic nitrogens is 1. The molecular weight excluding hydrogens is 256 g/mol. The molecule has 2 amide bonds. The molecule has 1 aromatic heterocycles. The lowest BCUT2D eigenvalue weighted by Crippen LogP contribution is -2.32. The van der Waals surface area contributed by atoms with Gasteiger partial charge in [0.15, 0.2) is 0 Å². The van der Waals surface area contributed by atoms with Gasteiger partial charge in [-0.05, 0) is 30.9 Å². The van der Waals surface area contributed by atoms with Gasteiger partial charge in [-0.25, -0.2) is 4.98 Å². The van der Waals surface area contributed by atoms with E-state index in [0.717, 1.165) is 35.4 Å². The molecule has 2 aliphatic rings. The van der Waals surface area contributed by atoms with Crippen molar-refractivity contribution in [3.05, 3.63) is 22.9 Å². The van der Waals surface area contributed by atoms with Crippen LogP contribution in [0.3, 0.4) is 0 Å². The lowest BCUT2D eigenvalue weighted by atomic mass is 10.1. The van der Waals surface area contributed by atoms with E-state index in [2.05, 4.69) is 16.4 Å². The second-order valence-corrected chi connectivity index (χ2v) is 5.15. The van der Waals surface area contributed by atoms with Gasteiger partial charge in [0.25, 0.3) is 5.91 Å². The summed E-state index contributed by atoms with van der Waals surface area (Å²) < 4.78 is 0. The summed E-state index contributed by atoms with van der Waals surface area (Å²) >= 11 is 0. The van der Waals surface area contributed by atoms with E-state index in [1.807, 2.05) is 6.07 Å². The Labute approximate surface area is 116 Å². The molecule has 1 atom stereocenters. The van der Waals surface area contributed by atoms with Crippen molar-refractivity contribution in [3.63, 3.8) is 0 Å². The van der Waals surface area contributed by atoms with E-state index in [4.69, 9.17) is 0 Å². The number of rotatable bonds is 2. The van der Waals surface area contributed by atoms with Crippen LogP contribution in [-0.2, 0) is 22.4 Å². The smallest absolute Gasteiger partial charge is 0.251 e. The van der Waals surface area contributed by atoms with Crippen LogP contribution < -0.4 is 5.32 Å². The zero-order valence-electron chi connectivity index (χ0n) is 11.1. The molecule has 6 nitrogen and oxygen atoms in total. The molecular formula is C14H14N4O2. The van der Waals surface area contributed by atoms with Gasteiger partial charge in [-0.2, -0.15) is 5.26 Å². The number of aryl methyl sites for hydroxylation is 2. The molecule has 0 saturated carbocycles. The van der Waals surface area contributed by atoms with Gasteiger partial charge in [0.1, 0.15) is 17.9 Å². The van der Waals surface area contributed by atoms with Gasteiger partial charge in [-0.15, -0.1) is 0 Å². The summed E-state index contributed by atoms with van der Waals surface area (Å²) in [4.78, 5) is 29.0. The average molecular weight is 270 g/mol. The fourth-order valence-electron chi connectivity index (χ4n) is 2.70. The van der Waals surface area contributed by atoms with E-state index in [-0.39, 0.29) is 18.2 Å². The maximum atomic E-state index is 11.9. The van der Waals surface area contributed by atoms with Crippen LogP contribution in [0.4, 0.5) is 5.82 Å². The predicted octanol–water partition coefficient (Wildman–Crippen LogP) is 0.611. The number of carbonyl (C=O) groups is 2. The van der Waals surface area contributed by atoms with Crippen LogP contribution in [0.1, 0.15) is 29.7 Å². The van der Waals surface area contributed by atoms with Crippen LogP contribution >= 0.6 is 0 Å². The van der Waals surface area contributed by atoms with Crippen LogP contribution in [0.2, 0.25) is 0 Å². The van der Waals surface area contributed by atoms with Crippen molar-refractivity contribution < 1.29 is 9.59 Å². The van der Waals surface area contributed by atoms with E-state index in [0.29, 0.717) is 11.4 Å². The summed E-state index contributed by atoms with van der Waals surface area (Å²) in [6, 6.07) is 3.32. The molecule has 1 aliphatic heterocycles. The zero-order valence-corrected chi connectivity index (χ0v) is 11.1. The average Bonchev–Trinajstić information content (AvgIpc) is 2.98. The highest BCUT2D eigenvalue weighted by molar-refractivity contribution is 6.06. The standard InChI is InChI=1S/C14H14N4O2/c1-18-12(19)6-11(14(18)20)17-13-9(7-15)5-8-3-2-4-10(8)16-13/h5,11H,2-4,6H2,1H3,(H,16,17). The van der Waals surface area contributed by atoms with Crippen LogP contribution in [0.25, 0.3) is 0 Å². The molecule has 0 radical (unpaired) electrons. The molecule has 0 bridgehead atoms. The topological polar surface area (TPSA) is 86.1 Å². The summed E-state index contributed by atoms with van der Waals surface area (Å²) in [5, 5.41) is 12.2. The summed E-state index contributed by atoms with van der Waals surface area (Å²) in [6.07, 6.45) is 2.99. The highest BCUT2D eigenvalue weighted by Crippen LogP contribution is 2.26. The molecule has 0 spiro atoms. The Balaban J connectivity index is 1.90. The van der Waals surface area contributed by atoms with Gasteiger partial charge in [0.05, 0.1) is 12.0 Å². The Kier molecular flexibility index (Phi) is 2.90. The maximum Gasteiger partial charge on any atom is 0.251 e. The van der Waals surface area contributed by atoms with Crippen LogP contribution in [0.5, 0.6) is 0 Å². The number of carbonyl (C=O) groups excluding carboxylic acids is 2. The van der Waals surface area contributed by atoms with Gasteiger partial charge in [0.2, 0.25) is 5.91 Å². The van der Waals surface area contributed by atoms with Gasteiger partial charge < -0.3 is 5.32 Å². The summed E-state index contributed by atoms with van der Waals surface area (Å²) in [7, 11) is 1.47. The van der Waals surface area contributed by atoms with Crippen molar-refractivity contribution >= 4 is 17.6 Å². The number of nitrogens with one attached hydrogen (secondary N) is 1. The Morgan fingerprint density at radius 1 is 1.45 bits per heavy atom. The molecule has 1 unspecified atom stereocenters. The molecule has 1 N–H and O–H groups in total. The van der Waals surface area contributed by atoms with E-state index < -0.39 is 6.04 Å². The van der Waals surface area contributed by atoms with Gasteiger partial charge in [-0.1, -0.05) is 0 Å². The van der Waals surface area contributed by atoms with Gasteiger partial charge >= 0.3 is 0 Å². The van der Waals surface area contributed by atoms with Crippen LogP contribution in [-0.4, -0.2) is 34.8 Å². The largest absolute Gasteiger partial charge is 0.357 e. The number of pyridine rings is 1. The first-order valence-corrected chi connectivity index (χ1v) is 6.60. The van der Waals surface area contributed by atoms with E-state index in [1.54, 1.807) is 0 Å². The summed E-state index contributed by atoms with van der Waals surface area (Å²) in [5.74, 6) is -0.0806. The third-order valence-corrected chi connectivity index (χ3v) is 3.86. The number of imide groups is 1. The van der Waals surface area contributed by atoms with Gasteiger partial charge in [0, 0.05) is 12.7 Å². The number of nitriles is 1. The summed E-state index contributed by atoms with van der Waals surface area (Å²) in [6.45, 7) is 0. The number of fused-ring (bicyclic) bond motifs is 1. The van der Waals surface area contributed by atoms with Crippen molar-refractivity contribution in [1.82, 2.24) is 9.88 Å². The first kappa shape index (κ1) is 12.6. The fourth-order valence-corrected chi connectivity index (χ4v) is 2.70. The first-order chi connectivity index (χ1) is 9.60. The molecule has 102 valence electrons. The highest BCUT2D eigenvalue weighted by Gasteiger charge is 2.36. The third kappa shape index (κ3) is 1.92. The molecule has 1 aromatic rings. The Bertz CT molecular complexity index is 647. The third-order valence-electron chi connectivity index (χ3n) is 3.86. The Hall–Kier alpha value is -2.42. The van der Waals surface area contributed by atoms with Crippen molar-refractivity contribution in [3.8, 4) is 6.07 Å². The number of likely N-dealkylation sites (N-methyl/N-ethyl adjacent to an activating group) is 1. The predicted molar refractivity (Wildman–Crippen MR) is 70.8 cm³/mol. The number of hydrogen-bond acceptors (Lipinski definition) is 5. The number of amides is 2. The summed E-state index contributed by atoms with van der Waals surface area (Å²) in [5.41, 5.74) is 2.52. The minimum Gasteiger partial charge on any atom is -0.357 e. The van der Waals surface area contributed by atoms with Crippen molar-refractivity contribution in [2.75, 3.05) is 12.4 Å². The molecule has 20 heavy (non-hydrogen) atoms. The molecule has 0 aromatic carbocycles. The normalized spacial score (nSPS) is 21.0. The minimum atomic E-state index is -0.619. The van der Waals surface area contributed by atoms with Crippen molar-refractivity contribution in [2.45, 2.75) is 31.7 Å². The lowest BCUT2D eigenvalue weighted by molar-refractivity contribution is -0.136. The number of hydrogen-bond donors (Lipinski definition) is 1. The lowest BCUT2D eigenvalue weighted by Gasteiger charge is -2.14. The Morgan fingerprint density at radius 3 is 2.90 bits per heavy atom. The number of anilines is 1. The van der Waals surface area contributed by atoms with Crippen LogP contribution in [0, 0.1) is 11.3 Å². The monoisotopic (exact) mass is 270 g/mol. The van der Waals surface area contributed by atoms with Crippen molar-refractivity contribution in [1.29, 1.82) is 5.26 Å². The molecule has 6 heteroatoms. The molecule has 1 aliphatic carbocycles. The minimum absolute atomic E-state index is 0.110. The van der Waals surface area contributed by atoms with Crippen molar-refractivity contribution in [2.24, 2.45) is 0 Å². The number of nitrogens with zero attached hydrogens (tertiary/aromatic N) is 3. The zero-order chi connectivity index (χ0) is 14.3.